The molecule has 0 unspecified atom stereocenters. The quantitative estimate of drug-likeness (QED) is 0.347. The molecular weight excluding hydrogens is 266 g/mol. The fourth-order valence-electron chi connectivity index (χ4n) is 1.84. The minimum absolute atomic E-state index is 0.0154. The van der Waals surface area contributed by atoms with Crippen LogP contribution in [0.1, 0.15) is 27.0 Å². The first-order valence-corrected chi connectivity index (χ1v) is 6.52. The van der Waals surface area contributed by atoms with Gasteiger partial charge in [-0.15, -0.1) is 0 Å². The van der Waals surface area contributed by atoms with Crippen molar-refractivity contribution in [3.8, 4) is 0 Å². The average Bonchev–Trinajstić information content (AvgIpc) is 2.53. The number of amides is 1. The van der Waals surface area contributed by atoms with Crippen LogP contribution in [0, 0.1) is 6.92 Å². The number of nitrogens with one attached hydrogen (secondary N) is 1. The highest BCUT2D eigenvalue weighted by molar-refractivity contribution is 5.99. The molecule has 2 rings (SSSR count). The highest BCUT2D eigenvalue weighted by Gasteiger charge is 2.06. The van der Waals surface area contributed by atoms with Crippen molar-refractivity contribution in [2.75, 3.05) is 0 Å². The Balaban J connectivity index is 1.98. The van der Waals surface area contributed by atoms with Crippen LogP contribution in [0.4, 0.5) is 0 Å². The highest BCUT2D eigenvalue weighted by atomic mass is 16.4. The lowest BCUT2D eigenvalue weighted by molar-refractivity contribution is 0.0951. The molecule has 0 saturated carbocycles. The van der Waals surface area contributed by atoms with E-state index in [0.717, 1.165) is 5.56 Å². The van der Waals surface area contributed by atoms with Crippen LogP contribution in [0.3, 0.4) is 0 Å². The van der Waals surface area contributed by atoms with Crippen LogP contribution in [0.5, 0.6) is 0 Å². The van der Waals surface area contributed by atoms with Crippen LogP contribution < -0.4 is 11.1 Å². The van der Waals surface area contributed by atoms with Gasteiger partial charge >= 0.3 is 0 Å². The number of nitrogens with zero attached hydrogens (tertiary/aromatic N) is 1. The first kappa shape index (κ1) is 14.6. The normalized spacial score (nSPS) is 11.2. The zero-order valence-corrected chi connectivity index (χ0v) is 11.7. The lowest BCUT2D eigenvalue weighted by Crippen LogP contribution is -2.23. The maximum atomic E-state index is 12.0. The van der Waals surface area contributed by atoms with Crippen molar-refractivity contribution in [3.63, 3.8) is 0 Å². The molecule has 0 saturated heterocycles. The topological polar surface area (TPSA) is 87.7 Å². The van der Waals surface area contributed by atoms with Crippen molar-refractivity contribution in [2.24, 2.45) is 10.9 Å². The molecule has 5 heteroatoms. The summed E-state index contributed by atoms with van der Waals surface area (Å²) in [6.45, 7) is 2.49. The molecule has 5 nitrogen and oxygen atoms in total. The lowest BCUT2D eigenvalue weighted by Gasteiger charge is -2.06. The largest absolute Gasteiger partial charge is 0.409 e. The number of amidine groups is 1. The van der Waals surface area contributed by atoms with Gasteiger partial charge in [-0.25, -0.2) is 0 Å². The molecule has 0 bridgehead atoms. The number of carbonyl (C=O) groups is 1. The molecule has 0 aliphatic heterocycles. The minimum atomic E-state index is -0.165. The van der Waals surface area contributed by atoms with E-state index in [2.05, 4.69) is 10.5 Å². The van der Waals surface area contributed by atoms with Gasteiger partial charge in [-0.3, -0.25) is 4.79 Å². The smallest absolute Gasteiger partial charge is 0.251 e. The van der Waals surface area contributed by atoms with Gasteiger partial charge in [0.05, 0.1) is 0 Å². The zero-order chi connectivity index (χ0) is 15.2. The van der Waals surface area contributed by atoms with E-state index in [0.29, 0.717) is 17.7 Å². The number of hydrogen-bond donors (Lipinski definition) is 3. The average molecular weight is 283 g/mol. The van der Waals surface area contributed by atoms with Crippen LogP contribution in [-0.4, -0.2) is 17.0 Å². The summed E-state index contributed by atoms with van der Waals surface area (Å²) >= 11 is 0. The van der Waals surface area contributed by atoms with Crippen molar-refractivity contribution in [1.29, 1.82) is 0 Å². The van der Waals surface area contributed by atoms with E-state index in [9.17, 15) is 4.79 Å². The summed E-state index contributed by atoms with van der Waals surface area (Å²) in [6, 6.07) is 14.5. The van der Waals surface area contributed by atoms with E-state index < -0.39 is 0 Å². The molecule has 0 aromatic heterocycles. The second kappa shape index (κ2) is 6.56. The second-order valence-electron chi connectivity index (χ2n) is 4.73. The SMILES string of the molecule is Cc1ccc(CNC(=O)c2ccc(/C(N)=N/O)cc2)cc1. The molecular formula is C16H17N3O2. The van der Waals surface area contributed by atoms with Gasteiger partial charge in [-0.2, -0.15) is 0 Å². The van der Waals surface area contributed by atoms with Crippen molar-refractivity contribution in [2.45, 2.75) is 13.5 Å². The molecule has 0 aliphatic rings. The van der Waals surface area contributed by atoms with Gasteiger partial charge in [0.1, 0.15) is 0 Å². The fourth-order valence-corrected chi connectivity index (χ4v) is 1.84. The summed E-state index contributed by atoms with van der Waals surface area (Å²) in [5, 5.41) is 14.3. The van der Waals surface area contributed by atoms with Gasteiger partial charge in [-0.05, 0) is 24.6 Å². The number of rotatable bonds is 4. The minimum Gasteiger partial charge on any atom is -0.409 e. The number of aryl methyl sites for hydroxylation is 1. The summed E-state index contributed by atoms with van der Waals surface area (Å²) in [4.78, 5) is 12.0. The van der Waals surface area contributed by atoms with E-state index >= 15 is 0 Å². The third kappa shape index (κ3) is 3.82. The van der Waals surface area contributed by atoms with Crippen LogP contribution in [0.15, 0.2) is 53.7 Å². The Labute approximate surface area is 123 Å². The van der Waals surface area contributed by atoms with E-state index in [1.54, 1.807) is 24.3 Å². The summed E-state index contributed by atoms with van der Waals surface area (Å²) in [5.74, 6) is -0.150. The fraction of sp³-hybridized carbons (Fsp3) is 0.125. The Hall–Kier alpha value is -2.82. The van der Waals surface area contributed by atoms with Crippen LogP contribution in [0.25, 0.3) is 0 Å². The number of hydrogen-bond acceptors (Lipinski definition) is 3. The first-order chi connectivity index (χ1) is 10.1. The van der Waals surface area contributed by atoms with Crippen molar-refractivity contribution < 1.29 is 10.0 Å². The van der Waals surface area contributed by atoms with Gasteiger partial charge in [0.2, 0.25) is 0 Å². The second-order valence-corrected chi connectivity index (χ2v) is 4.73. The number of benzene rings is 2. The number of nitrogens with two attached hydrogens (primary N) is 1. The molecule has 0 spiro atoms. The van der Waals surface area contributed by atoms with Gasteiger partial charge in [0.15, 0.2) is 5.84 Å². The van der Waals surface area contributed by atoms with Crippen molar-refractivity contribution >= 4 is 11.7 Å². The molecule has 0 radical (unpaired) electrons. The van der Waals surface area contributed by atoms with E-state index in [1.807, 2.05) is 31.2 Å². The predicted octanol–water partition coefficient (Wildman–Crippen LogP) is 2.02. The summed E-state index contributed by atoms with van der Waals surface area (Å²) in [6.07, 6.45) is 0. The van der Waals surface area contributed by atoms with E-state index in [4.69, 9.17) is 10.9 Å². The molecule has 2 aromatic rings. The Kier molecular flexibility index (Phi) is 4.56. The first-order valence-electron chi connectivity index (χ1n) is 6.52. The van der Waals surface area contributed by atoms with Crippen LogP contribution >= 0.6 is 0 Å². The van der Waals surface area contributed by atoms with E-state index in [-0.39, 0.29) is 11.7 Å². The predicted molar refractivity (Wildman–Crippen MR) is 81.3 cm³/mol. The zero-order valence-electron chi connectivity index (χ0n) is 11.7. The van der Waals surface area contributed by atoms with Gasteiger partial charge in [0, 0.05) is 17.7 Å². The monoisotopic (exact) mass is 283 g/mol. The third-order valence-electron chi connectivity index (χ3n) is 3.12. The van der Waals surface area contributed by atoms with Gasteiger partial charge in [0.25, 0.3) is 5.91 Å². The molecule has 108 valence electrons. The Morgan fingerprint density at radius 1 is 1.10 bits per heavy atom. The third-order valence-corrected chi connectivity index (χ3v) is 3.12. The van der Waals surface area contributed by atoms with Crippen LogP contribution in [-0.2, 0) is 6.54 Å². The molecule has 0 aliphatic carbocycles. The molecule has 21 heavy (non-hydrogen) atoms. The summed E-state index contributed by atoms with van der Waals surface area (Å²) in [7, 11) is 0. The van der Waals surface area contributed by atoms with Gasteiger partial charge in [-0.1, -0.05) is 47.1 Å². The number of carbonyl (C=O) groups excluding carboxylic acids is 1. The Bertz CT molecular complexity index is 646. The van der Waals surface area contributed by atoms with Gasteiger partial charge < -0.3 is 16.3 Å². The number of oxime groups is 1. The standard InChI is InChI=1S/C16H17N3O2/c1-11-2-4-12(5-3-11)10-18-16(20)14-8-6-13(7-9-14)15(17)19-21/h2-9,21H,10H2,1H3,(H2,17,19)(H,18,20). The summed E-state index contributed by atoms with van der Waals surface area (Å²) < 4.78 is 0. The Morgan fingerprint density at radius 3 is 2.24 bits per heavy atom. The molecule has 0 atom stereocenters. The van der Waals surface area contributed by atoms with Crippen molar-refractivity contribution in [1.82, 2.24) is 5.32 Å². The Morgan fingerprint density at radius 2 is 1.67 bits per heavy atom. The molecule has 4 N–H and O–H groups in total. The van der Waals surface area contributed by atoms with E-state index in [1.165, 1.54) is 5.56 Å². The van der Waals surface area contributed by atoms with Crippen molar-refractivity contribution in [3.05, 3.63) is 70.8 Å². The molecule has 1 amide bonds. The lowest BCUT2D eigenvalue weighted by atomic mass is 10.1. The molecule has 2 aromatic carbocycles. The van der Waals surface area contributed by atoms with Crippen LogP contribution in [0.2, 0.25) is 0 Å². The summed E-state index contributed by atoms with van der Waals surface area (Å²) in [5.41, 5.74) is 8.78. The maximum Gasteiger partial charge on any atom is 0.251 e. The molecule has 0 fully saturated rings. The highest BCUT2D eigenvalue weighted by Crippen LogP contribution is 2.06. The molecule has 0 heterocycles. The maximum absolute atomic E-state index is 12.0.